The summed E-state index contributed by atoms with van der Waals surface area (Å²) in [6, 6.07) is 16.8. The Kier molecular flexibility index (Phi) is 6.83. The standard InChI is InChI=1S/C19H21NO4/c1-15-8-5-6-11-17(15)20-18(21)14-24-19(22)12-7-13-23-16-9-3-2-4-10-16/h2-6,8-11H,7,12-14H2,1H3,(H,20,21). The van der Waals surface area contributed by atoms with Gasteiger partial charge in [-0.3, -0.25) is 9.59 Å². The molecule has 2 rings (SSSR count). The largest absolute Gasteiger partial charge is 0.494 e. The van der Waals surface area contributed by atoms with E-state index < -0.39 is 5.97 Å². The molecule has 0 aliphatic carbocycles. The number of esters is 1. The molecule has 0 saturated heterocycles. The third kappa shape index (κ3) is 6.12. The minimum atomic E-state index is -0.411. The third-order valence-electron chi connectivity index (χ3n) is 3.32. The second kappa shape index (κ2) is 9.35. The highest BCUT2D eigenvalue weighted by atomic mass is 16.5. The van der Waals surface area contributed by atoms with Gasteiger partial charge in [-0.2, -0.15) is 0 Å². The summed E-state index contributed by atoms with van der Waals surface area (Å²) in [6.45, 7) is 2.04. The van der Waals surface area contributed by atoms with Crippen molar-refractivity contribution in [2.75, 3.05) is 18.5 Å². The Balaban J connectivity index is 1.60. The van der Waals surface area contributed by atoms with E-state index in [1.807, 2.05) is 55.5 Å². The van der Waals surface area contributed by atoms with Gasteiger partial charge in [0.05, 0.1) is 6.61 Å². The van der Waals surface area contributed by atoms with Gasteiger partial charge in [-0.25, -0.2) is 0 Å². The lowest BCUT2D eigenvalue weighted by atomic mass is 10.2. The molecule has 24 heavy (non-hydrogen) atoms. The van der Waals surface area contributed by atoms with Gasteiger partial charge in [0.15, 0.2) is 6.61 Å². The first-order valence-electron chi connectivity index (χ1n) is 7.84. The Bertz CT molecular complexity index is 670. The zero-order chi connectivity index (χ0) is 17.2. The van der Waals surface area contributed by atoms with Crippen molar-refractivity contribution in [2.45, 2.75) is 19.8 Å². The molecule has 0 bridgehead atoms. The minimum absolute atomic E-state index is 0.213. The number of hydrogen-bond acceptors (Lipinski definition) is 4. The maximum atomic E-state index is 11.8. The maximum absolute atomic E-state index is 11.8. The van der Waals surface area contributed by atoms with E-state index in [1.54, 1.807) is 6.07 Å². The van der Waals surface area contributed by atoms with Crippen LogP contribution in [0.15, 0.2) is 54.6 Å². The quantitative estimate of drug-likeness (QED) is 0.596. The lowest BCUT2D eigenvalue weighted by molar-refractivity contribution is -0.147. The molecule has 0 saturated carbocycles. The highest BCUT2D eigenvalue weighted by Crippen LogP contribution is 2.13. The molecule has 0 unspecified atom stereocenters. The molecule has 0 heterocycles. The Morgan fingerprint density at radius 3 is 2.46 bits per heavy atom. The zero-order valence-electron chi connectivity index (χ0n) is 13.7. The smallest absolute Gasteiger partial charge is 0.306 e. The van der Waals surface area contributed by atoms with Gasteiger partial charge < -0.3 is 14.8 Å². The normalized spacial score (nSPS) is 10.0. The molecule has 0 aliphatic rings. The van der Waals surface area contributed by atoms with Gasteiger partial charge in [-0.05, 0) is 37.1 Å². The van der Waals surface area contributed by atoms with Crippen LogP contribution in [-0.4, -0.2) is 25.1 Å². The summed E-state index contributed by atoms with van der Waals surface area (Å²) in [7, 11) is 0. The predicted molar refractivity (Wildman–Crippen MR) is 91.9 cm³/mol. The van der Waals surface area contributed by atoms with Gasteiger partial charge in [0, 0.05) is 12.1 Å². The lowest BCUT2D eigenvalue weighted by Gasteiger charge is -2.09. The van der Waals surface area contributed by atoms with Crippen LogP contribution in [0.4, 0.5) is 5.69 Å². The molecule has 1 N–H and O–H groups in total. The predicted octanol–water partition coefficient (Wildman–Crippen LogP) is 3.34. The van der Waals surface area contributed by atoms with E-state index in [1.165, 1.54) is 0 Å². The van der Waals surface area contributed by atoms with Crippen molar-refractivity contribution < 1.29 is 19.1 Å². The fraction of sp³-hybridized carbons (Fsp3) is 0.263. The van der Waals surface area contributed by atoms with E-state index in [0.29, 0.717) is 13.0 Å². The molecule has 0 fully saturated rings. The summed E-state index contributed by atoms with van der Waals surface area (Å²) in [5.41, 5.74) is 1.67. The zero-order valence-corrected chi connectivity index (χ0v) is 13.7. The second-order valence-electron chi connectivity index (χ2n) is 5.29. The summed E-state index contributed by atoms with van der Waals surface area (Å²) in [4.78, 5) is 23.4. The molecule has 0 aliphatic heterocycles. The Labute approximate surface area is 141 Å². The van der Waals surface area contributed by atoms with Crippen LogP contribution >= 0.6 is 0 Å². The first-order chi connectivity index (χ1) is 11.6. The fourth-order valence-electron chi connectivity index (χ4n) is 2.04. The van der Waals surface area contributed by atoms with Crippen molar-refractivity contribution >= 4 is 17.6 Å². The van der Waals surface area contributed by atoms with Crippen LogP contribution < -0.4 is 10.1 Å². The van der Waals surface area contributed by atoms with Crippen molar-refractivity contribution in [3.63, 3.8) is 0 Å². The topological polar surface area (TPSA) is 64.6 Å². The number of amides is 1. The Hall–Kier alpha value is -2.82. The number of benzene rings is 2. The fourth-order valence-corrected chi connectivity index (χ4v) is 2.04. The average molecular weight is 327 g/mol. The van der Waals surface area contributed by atoms with Crippen LogP contribution in [0.3, 0.4) is 0 Å². The first-order valence-corrected chi connectivity index (χ1v) is 7.84. The van der Waals surface area contributed by atoms with E-state index in [9.17, 15) is 9.59 Å². The van der Waals surface area contributed by atoms with E-state index in [0.717, 1.165) is 17.0 Å². The van der Waals surface area contributed by atoms with Crippen molar-refractivity contribution in [1.82, 2.24) is 0 Å². The molecule has 5 heteroatoms. The van der Waals surface area contributed by atoms with Gasteiger partial charge in [-0.1, -0.05) is 36.4 Å². The Morgan fingerprint density at radius 2 is 1.71 bits per heavy atom. The van der Waals surface area contributed by atoms with Crippen LogP contribution in [0.2, 0.25) is 0 Å². The third-order valence-corrected chi connectivity index (χ3v) is 3.32. The number of aryl methyl sites for hydroxylation is 1. The molecule has 126 valence electrons. The van der Waals surface area contributed by atoms with Crippen LogP contribution in [0.5, 0.6) is 5.75 Å². The number of nitrogens with one attached hydrogen (secondary N) is 1. The molecule has 0 spiro atoms. The first kappa shape index (κ1) is 17.5. The highest BCUT2D eigenvalue weighted by molar-refractivity contribution is 5.93. The minimum Gasteiger partial charge on any atom is -0.494 e. The van der Waals surface area contributed by atoms with Crippen LogP contribution in [0, 0.1) is 6.92 Å². The highest BCUT2D eigenvalue weighted by Gasteiger charge is 2.09. The number of hydrogen-bond donors (Lipinski definition) is 1. The van der Waals surface area contributed by atoms with E-state index in [4.69, 9.17) is 9.47 Å². The van der Waals surface area contributed by atoms with Gasteiger partial charge in [-0.15, -0.1) is 0 Å². The van der Waals surface area contributed by atoms with Crippen molar-refractivity contribution in [3.05, 3.63) is 60.2 Å². The van der Waals surface area contributed by atoms with E-state index in [-0.39, 0.29) is 18.9 Å². The molecule has 5 nitrogen and oxygen atoms in total. The molecule has 2 aromatic carbocycles. The van der Waals surface area contributed by atoms with Crippen LogP contribution in [-0.2, 0) is 14.3 Å². The van der Waals surface area contributed by atoms with Crippen molar-refractivity contribution in [3.8, 4) is 5.75 Å². The molecule has 2 aromatic rings. The number of para-hydroxylation sites is 2. The van der Waals surface area contributed by atoms with Crippen LogP contribution in [0.1, 0.15) is 18.4 Å². The lowest BCUT2D eigenvalue weighted by Crippen LogP contribution is -2.21. The summed E-state index contributed by atoms with van der Waals surface area (Å²) < 4.78 is 10.4. The van der Waals surface area contributed by atoms with Gasteiger partial charge in [0.1, 0.15) is 5.75 Å². The number of ether oxygens (including phenoxy) is 2. The summed E-state index contributed by atoms with van der Waals surface area (Å²) in [5, 5.41) is 2.71. The molecule has 0 atom stereocenters. The number of anilines is 1. The molecular weight excluding hydrogens is 306 g/mol. The molecule has 0 aromatic heterocycles. The summed E-state index contributed by atoms with van der Waals surface area (Å²) >= 11 is 0. The molecule has 0 radical (unpaired) electrons. The Morgan fingerprint density at radius 1 is 1.00 bits per heavy atom. The average Bonchev–Trinajstić information content (AvgIpc) is 2.60. The van der Waals surface area contributed by atoms with Crippen molar-refractivity contribution in [1.29, 1.82) is 0 Å². The molecule has 1 amide bonds. The SMILES string of the molecule is Cc1ccccc1NC(=O)COC(=O)CCCOc1ccccc1. The van der Waals surface area contributed by atoms with Gasteiger partial charge in [0.25, 0.3) is 5.91 Å². The van der Waals surface area contributed by atoms with Crippen molar-refractivity contribution in [2.24, 2.45) is 0 Å². The van der Waals surface area contributed by atoms with Gasteiger partial charge >= 0.3 is 5.97 Å². The second-order valence-corrected chi connectivity index (χ2v) is 5.29. The van der Waals surface area contributed by atoms with E-state index >= 15 is 0 Å². The van der Waals surface area contributed by atoms with Crippen LogP contribution in [0.25, 0.3) is 0 Å². The maximum Gasteiger partial charge on any atom is 0.306 e. The number of rotatable bonds is 8. The number of carbonyl (C=O) groups excluding carboxylic acids is 2. The number of carbonyl (C=O) groups is 2. The summed E-state index contributed by atoms with van der Waals surface area (Å²) in [5.74, 6) is 0.00765. The van der Waals surface area contributed by atoms with E-state index in [2.05, 4.69) is 5.32 Å². The monoisotopic (exact) mass is 327 g/mol. The summed E-state index contributed by atoms with van der Waals surface area (Å²) in [6.07, 6.45) is 0.748. The molecular formula is C19H21NO4. The van der Waals surface area contributed by atoms with Gasteiger partial charge in [0.2, 0.25) is 0 Å².